The molecule has 3 N–H and O–H groups in total. The van der Waals surface area contributed by atoms with Gasteiger partial charge in [0.05, 0.1) is 13.3 Å². The van der Waals surface area contributed by atoms with Crippen LogP contribution in [0.3, 0.4) is 0 Å². The first kappa shape index (κ1) is 16.9. The molecule has 0 radical (unpaired) electrons. The largest absolute Gasteiger partial charge is 0.496 e. The van der Waals surface area contributed by atoms with Crippen LogP contribution >= 0.6 is 12.2 Å². The predicted octanol–water partition coefficient (Wildman–Crippen LogP) is 2.55. The first-order chi connectivity index (χ1) is 11.2. The van der Waals surface area contributed by atoms with E-state index in [0.717, 1.165) is 22.6 Å². The highest BCUT2D eigenvalue weighted by atomic mass is 32.1. The maximum atomic E-state index is 9.08. The van der Waals surface area contributed by atoms with Crippen molar-refractivity contribution < 1.29 is 9.84 Å². The number of hydrogen-bond donors (Lipinski definition) is 3. The second-order valence-electron chi connectivity index (χ2n) is 4.70. The fourth-order valence-electron chi connectivity index (χ4n) is 2.06. The SMILES string of the molecule is COc1ccccc1C=NNC(=S)Nc1ccccc1CCO. The van der Waals surface area contributed by atoms with Crippen LogP contribution in [0, 0.1) is 0 Å². The molecule has 0 unspecified atom stereocenters. The molecule has 2 rings (SSSR count). The lowest BCUT2D eigenvalue weighted by atomic mass is 10.1. The molecule has 0 amide bonds. The number of para-hydroxylation sites is 2. The number of nitrogens with one attached hydrogen (secondary N) is 2. The zero-order valence-electron chi connectivity index (χ0n) is 12.8. The Labute approximate surface area is 141 Å². The van der Waals surface area contributed by atoms with Crippen molar-refractivity contribution in [3.63, 3.8) is 0 Å². The molecule has 0 saturated carbocycles. The molecule has 5 nitrogen and oxygen atoms in total. The number of benzene rings is 2. The van der Waals surface area contributed by atoms with Gasteiger partial charge in [-0.3, -0.25) is 5.43 Å². The standard InChI is InChI=1S/C17H19N3O2S/c1-22-16-9-5-3-7-14(16)12-18-20-17(23)19-15-8-4-2-6-13(15)10-11-21/h2-9,12,21H,10-11H2,1H3,(H2,19,20,23). The van der Waals surface area contributed by atoms with Crippen molar-refractivity contribution in [1.82, 2.24) is 5.43 Å². The van der Waals surface area contributed by atoms with Gasteiger partial charge in [0.25, 0.3) is 0 Å². The first-order valence-electron chi connectivity index (χ1n) is 7.16. The summed E-state index contributed by atoms with van der Waals surface area (Å²) in [6, 6.07) is 15.2. The zero-order chi connectivity index (χ0) is 16.5. The van der Waals surface area contributed by atoms with Crippen molar-refractivity contribution in [2.45, 2.75) is 6.42 Å². The van der Waals surface area contributed by atoms with Gasteiger partial charge in [-0.2, -0.15) is 5.10 Å². The van der Waals surface area contributed by atoms with Crippen LogP contribution in [0.1, 0.15) is 11.1 Å². The van der Waals surface area contributed by atoms with E-state index in [1.165, 1.54) is 0 Å². The number of anilines is 1. The Hall–Kier alpha value is -2.44. The molecule has 0 spiro atoms. The Balaban J connectivity index is 1.96. The van der Waals surface area contributed by atoms with E-state index in [9.17, 15) is 0 Å². The smallest absolute Gasteiger partial charge is 0.191 e. The van der Waals surface area contributed by atoms with Crippen molar-refractivity contribution >= 4 is 29.2 Å². The Morgan fingerprint density at radius 1 is 1.22 bits per heavy atom. The fourth-order valence-corrected chi connectivity index (χ4v) is 2.23. The summed E-state index contributed by atoms with van der Waals surface area (Å²) in [6.07, 6.45) is 2.21. The predicted molar refractivity (Wildman–Crippen MR) is 97.2 cm³/mol. The molecule has 23 heavy (non-hydrogen) atoms. The summed E-state index contributed by atoms with van der Waals surface area (Å²) in [5, 5.41) is 16.6. The van der Waals surface area contributed by atoms with Crippen molar-refractivity contribution in [1.29, 1.82) is 0 Å². The molecule has 6 heteroatoms. The van der Waals surface area contributed by atoms with Gasteiger partial charge in [0.1, 0.15) is 5.75 Å². The van der Waals surface area contributed by atoms with Crippen LogP contribution in [-0.2, 0) is 6.42 Å². The summed E-state index contributed by atoms with van der Waals surface area (Å²) in [7, 11) is 1.62. The molecular weight excluding hydrogens is 310 g/mol. The minimum atomic E-state index is 0.0881. The number of hydrazone groups is 1. The third kappa shape index (κ3) is 5.05. The fraction of sp³-hybridized carbons (Fsp3) is 0.176. The lowest BCUT2D eigenvalue weighted by Gasteiger charge is -2.11. The van der Waals surface area contributed by atoms with Crippen LogP contribution in [0.25, 0.3) is 0 Å². The molecule has 0 aliphatic heterocycles. The number of nitrogens with zero attached hydrogens (tertiary/aromatic N) is 1. The lowest BCUT2D eigenvalue weighted by molar-refractivity contribution is 0.300. The molecule has 0 heterocycles. The van der Waals surface area contributed by atoms with E-state index in [1.807, 2.05) is 48.5 Å². The van der Waals surface area contributed by atoms with Gasteiger partial charge in [0.2, 0.25) is 0 Å². The van der Waals surface area contributed by atoms with Gasteiger partial charge in [-0.1, -0.05) is 30.3 Å². The number of thiocarbonyl (C=S) groups is 1. The van der Waals surface area contributed by atoms with Crippen molar-refractivity contribution in [2.24, 2.45) is 5.10 Å². The molecule has 0 saturated heterocycles. The van der Waals surface area contributed by atoms with Crippen LogP contribution in [-0.4, -0.2) is 30.2 Å². The van der Waals surface area contributed by atoms with E-state index < -0.39 is 0 Å². The quantitative estimate of drug-likeness (QED) is 0.432. The van der Waals surface area contributed by atoms with Gasteiger partial charge in [0.15, 0.2) is 5.11 Å². The second-order valence-corrected chi connectivity index (χ2v) is 5.11. The van der Waals surface area contributed by atoms with Crippen molar-refractivity contribution in [2.75, 3.05) is 19.0 Å². The van der Waals surface area contributed by atoms with E-state index >= 15 is 0 Å². The van der Waals surface area contributed by atoms with E-state index in [2.05, 4.69) is 15.8 Å². The maximum absolute atomic E-state index is 9.08. The van der Waals surface area contributed by atoms with Crippen LogP contribution in [0.15, 0.2) is 53.6 Å². The number of methoxy groups -OCH3 is 1. The van der Waals surface area contributed by atoms with E-state index in [4.69, 9.17) is 22.1 Å². The van der Waals surface area contributed by atoms with E-state index in [-0.39, 0.29) is 6.61 Å². The summed E-state index contributed by atoms with van der Waals surface area (Å²) < 4.78 is 5.25. The summed E-state index contributed by atoms with van der Waals surface area (Å²) in [5.41, 5.74) is 5.47. The van der Waals surface area contributed by atoms with E-state index in [1.54, 1.807) is 13.3 Å². The first-order valence-corrected chi connectivity index (χ1v) is 7.57. The molecule has 2 aromatic carbocycles. The molecule has 2 aromatic rings. The molecule has 120 valence electrons. The Morgan fingerprint density at radius 2 is 1.96 bits per heavy atom. The number of rotatable bonds is 6. The van der Waals surface area contributed by atoms with Gasteiger partial charge in [-0.15, -0.1) is 0 Å². The molecule has 0 aliphatic carbocycles. The monoisotopic (exact) mass is 329 g/mol. The van der Waals surface area contributed by atoms with Gasteiger partial charge in [-0.05, 0) is 42.4 Å². The zero-order valence-corrected chi connectivity index (χ0v) is 13.6. The van der Waals surface area contributed by atoms with Crippen LogP contribution in [0.5, 0.6) is 5.75 Å². The Bertz CT molecular complexity index is 689. The number of hydrogen-bond acceptors (Lipinski definition) is 4. The van der Waals surface area contributed by atoms with Gasteiger partial charge in [-0.25, -0.2) is 0 Å². The molecule has 0 fully saturated rings. The number of aliphatic hydroxyl groups is 1. The van der Waals surface area contributed by atoms with Crippen molar-refractivity contribution in [3.8, 4) is 5.75 Å². The Morgan fingerprint density at radius 3 is 2.74 bits per heavy atom. The van der Waals surface area contributed by atoms with Gasteiger partial charge < -0.3 is 15.2 Å². The average molecular weight is 329 g/mol. The Kier molecular flexibility index (Phi) is 6.53. The van der Waals surface area contributed by atoms with Crippen LogP contribution < -0.4 is 15.5 Å². The minimum Gasteiger partial charge on any atom is -0.496 e. The normalized spacial score (nSPS) is 10.5. The third-order valence-corrected chi connectivity index (χ3v) is 3.35. The van der Waals surface area contributed by atoms with Crippen LogP contribution in [0.2, 0.25) is 0 Å². The summed E-state index contributed by atoms with van der Waals surface area (Å²) in [4.78, 5) is 0. The molecular formula is C17H19N3O2S. The van der Waals surface area contributed by atoms with Crippen molar-refractivity contribution in [3.05, 3.63) is 59.7 Å². The molecule has 0 bridgehead atoms. The van der Waals surface area contributed by atoms with Gasteiger partial charge >= 0.3 is 0 Å². The van der Waals surface area contributed by atoms with Gasteiger partial charge in [0, 0.05) is 17.9 Å². The second kappa shape index (κ2) is 8.87. The summed E-state index contributed by atoms with van der Waals surface area (Å²) in [5.74, 6) is 0.741. The molecule has 0 aliphatic rings. The molecule has 0 atom stereocenters. The van der Waals surface area contributed by atoms with E-state index in [0.29, 0.717) is 11.5 Å². The highest BCUT2D eigenvalue weighted by molar-refractivity contribution is 7.80. The third-order valence-electron chi connectivity index (χ3n) is 3.16. The number of aliphatic hydroxyl groups excluding tert-OH is 1. The summed E-state index contributed by atoms with van der Waals surface area (Å²) in [6.45, 7) is 0.0881. The lowest BCUT2D eigenvalue weighted by Crippen LogP contribution is -2.24. The highest BCUT2D eigenvalue weighted by Gasteiger charge is 2.03. The minimum absolute atomic E-state index is 0.0881. The maximum Gasteiger partial charge on any atom is 0.191 e. The topological polar surface area (TPSA) is 65.9 Å². The van der Waals surface area contributed by atoms with Crippen LogP contribution in [0.4, 0.5) is 5.69 Å². The molecule has 0 aromatic heterocycles. The number of ether oxygens (including phenoxy) is 1. The average Bonchev–Trinajstić information content (AvgIpc) is 2.57. The highest BCUT2D eigenvalue weighted by Crippen LogP contribution is 2.16. The summed E-state index contributed by atoms with van der Waals surface area (Å²) >= 11 is 5.23.